The molecule has 2 fully saturated rings. The number of likely N-dealkylation sites (tertiary alicyclic amines) is 1. The number of carbonyl (C=O) groups excluding carboxylic acids is 2. The number of Topliss-reactive ketones (excluding diaryl/α,β-unsaturated/α-hetero) is 1. The molecule has 1 atom stereocenters. The lowest BCUT2D eigenvalue weighted by atomic mass is 9.95. The van der Waals surface area contributed by atoms with Crippen LogP contribution in [0.1, 0.15) is 17.2 Å². The lowest BCUT2D eigenvalue weighted by Gasteiger charge is -2.31. The van der Waals surface area contributed by atoms with Crippen molar-refractivity contribution in [1.82, 2.24) is 9.80 Å². The van der Waals surface area contributed by atoms with Gasteiger partial charge in [-0.15, -0.1) is 0 Å². The van der Waals surface area contributed by atoms with E-state index in [1.165, 1.54) is 41.3 Å². The number of amides is 1. The highest BCUT2D eigenvalue weighted by Crippen LogP contribution is 2.39. The van der Waals surface area contributed by atoms with Crippen LogP contribution in [0.4, 0.5) is 8.78 Å². The highest BCUT2D eigenvalue weighted by Gasteiger charge is 2.46. The van der Waals surface area contributed by atoms with Crippen molar-refractivity contribution < 1.29 is 28.2 Å². The number of carbonyl (C=O) groups is 2. The minimum Gasteiger partial charge on any atom is -0.507 e. The number of morpholine rings is 1. The molecule has 0 aliphatic carbocycles. The molecule has 2 aromatic rings. The lowest BCUT2D eigenvalue weighted by Crippen LogP contribution is -2.42. The number of ether oxygens (including phenoxy) is 1. The zero-order valence-corrected chi connectivity index (χ0v) is 16.8. The number of nitrogens with zero attached hydrogens (tertiary/aromatic N) is 2. The molecule has 0 radical (unpaired) electrons. The molecule has 2 saturated heterocycles. The molecule has 0 aromatic heterocycles. The highest BCUT2D eigenvalue weighted by atomic mass is 19.1. The summed E-state index contributed by atoms with van der Waals surface area (Å²) < 4.78 is 32.2. The monoisotopic (exact) mass is 428 g/mol. The van der Waals surface area contributed by atoms with Crippen LogP contribution < -0.4 is 0 Å². The van der Waals surface area contributed by atoms with E-state index in [-0.39, 0.29) is 23.4 Å². The fourth-order valence-corrected chi connectivity index (χ4v) is 3.94. The van der Waals surface area contributed by atoms with Crippen molar-refractivity contribution in [2.24, 2.45) is 0 Å². The van der Waals surface area contributed by atoms with Crippen LogP contribution >= 0.6 is 0 Å². The molecule has 1 amide bonds. The Morgan fingerprint density at radius 3 is 2.13 bits per heavy atom. The molecule has 2 heterocycles. The zero-order chi connectivity index (χ0) is 22.0. The predicted octanol–water partition coefficient (Wildman–Crippen LogP) is 2.72. The van der Waals surface area contributed by atoms with Gasteiger partial charge in [0.25, 0.3) is 11.7 Å². The van der Waals surface area contributed by atoms with Crippen molar-refractivity contribution in [3.05, 3.63) is 76.9 Å². The van der Waals surface area contributed by atoms with E-state index in [1.807, 2.05) is 0 Å². The first-order chi connectivity index (χ1) is 15.0. The Morgan fingerprint density at radius 2 is 1.52 bits per heavy atom. The topological polar surface area (TPSA) is 70.1 Å². The number of ketones is 1. The Kier molecular flexibility index (Phi) is 6.11. The minimum absolute atomic E-state index is 0.0924. The van der Waals surface area contributed by atoms with E-state index >= 15 is 0 Å². The first-order valence-corrected chi connectivity index (χ1v) is 10.1. The van der Waals surface area contributed by atoms with Crippen molar-refractivity contribution >= 4 is 17.4 Å². The van der Waals surface area contributed by atoms with Crippen molar-refractivity contribution in [1.29, 1.82) is 0 Å². The summed E-state index contributed by atoms with van der Waals surface area (Å²) in [5.41, 5.74) is 0.635. The third kappa shape index (κ3) is 4.35. The molecule has 4 rings (SSSR count). The second-order valence-corrected chi connectivity index (χ2v) is 7.50. The first-order valence-electron chi connectivity index (χ1n) is 10.1. The van der Waals surface area contributed by atoms with Crippen LogP contribution in [0.2, 0.25) is 0 Å². The fraction of sp³-hybridized carbons (Fsp3) is 0.304. The summed E-state index contributed by atoms with van der Waals surface area (Å²) in [6.07, 6.45) is 0. The molecule has 2 aromatic carbocycles. The molecule has 162 valence electrons. The molecule has 31 heavy (non-hydrogen) atoms. The summed E-state index contributed by atoms with van der Waals surface area (Å²) in [5, 5.41) is 10.9. The van der Waals surface area contributed by atoms with E-state index in [2.05, 4.69) is 4.90 Å². The quantitative estimate of drug-likeness (QED) is 0.451. The van der Waals surface area contributed by atoms with Gasteiger partial charge in [-0.25, -0.2) is 8.78 Å². The van der Waals surface area contributed by atoms with Gasteiger partial charge in [-0.1, -0.05) is 12.1 Å². The first kappa shape index (κ1) is 21.1. The molecule has 6 nitrogen and oxygen atoms in total. The number of aliphatic hydroxyl groups excluding tert-OH is 1. The molecular formula is C23H22F2N2O4. The number of rotatable bonds is 5. The Bertz CT molecular complexity index is 999. The summed E-state index contributed by atoms with van der Waals surface area (Å²) >= 11 is 0. The molecule has 0 bridgehead atoms. The van der Waals surface area contributed by atoms with Crippen molar-refractivity contribution in [3.8, 4) is 0 Å². The molecule has 0 saturated carbocycles. The third-order valence-electron chi connectivity index (χ3n) is 5.60. The summed E-state index contributed by atoms with van der Waals surface area (Å²) in [6, 6.07) is 9.61. The number of benzene rings is 2. The summed E-state index contributed by atoms with van der Waals surface area (Å²) in [5.74, 6) is -2.88. The Labute approximate surface area is 178 Å². The average molecular weight is 428 g/mol. The van der Waals surface area contributed by atoms with Gasteiger partial charge >= 0.3 is 0 Å². The van der Waals surface area contributed by atoms with Crippen LogP contribution in [0.25, 0.3) is 5.76 Å². The van der Waals surface area contributed by atoms with E-state index in [4.69, 9.17) is 4.74 Å². The van der Waals surface area contributed by atoms with Crippen molar-refractivity contribution in [2.45, 2.75) is 6.04 Å². The van der Waals surface area contributed by atoms with Gasteiger partial charge in [-0.2, -0.15) is 0 Å². The van der Waals surface area contributed by atoms with Crippen LogP contribution in [0.15, 0.2) is 54.1 Å². The molecule has 2 aliphatic rings. The second kappa shape index (κ2) is 8.95. The van der Waals surface area contributed by atoms with Crippen LogP contribution in [-0.2, 0) is 14.3 Å². The fourth-order valence-electron chi connectivity index (χ4n) is 3.94. The van der Waals surface area contributed by atoms with Gasteiger partial charge in [-0.05, 0) is 42.0 Å². The van der Waals surface area contributed by atoms with Gasteiger partial charge < -0.3 is 14.7 Å². The SMILES string of the molecule is O=C1C(=O)N(CCN2CCOCC2)[C@H](c2ccc(F)cc2)C1=C(O)c1ccc(F)cc1. The molecule has 2 aliphatic heterocycles. The van der Waals surface area contributed by atoms with Gasteiger partial charge in [0.15, 0.2) is 0 Å². The second-order valence-electron chi connectivity index (χ2n) is 7.50. The normalized spacial score (nSPS) is 21.6. The number of hydrogen-bond donors (Lipinski definition) is 1. The predicted molar refractivity (Wildman–Crippen MR) is 109 cm³/mol. The van der Waals surface area contributed by atoms with Gasteiger partial charge in [0, 0.05) is 31.7 Å². The van der Waals surface area contributed by atoms with Crippen LogP contribution in [0, 0.1) is 11.6 Å². The van der Waals surface area contributed by atoms with E-state index in [1.54, 1.807) is 0 Å². The Morgan fingerprint density at radius 1 is 0.935 bits per heavy atom. The number of hydrogen-bond acceptors (Lipinski definition) is 5. The van der Waals surface area contributed by atoms with E-state index in [0.717, 1.165) is 25.2 Å². The van der Waals surface area contributed by atoms with Crippen molar-refractivity contribution in [3.63, 3.8) is 0 Å². The molecule has 1 N–H and O–H groups in total. The standard InChI is InChI=1S/C23H22F2N2O4/c24-17-5-1-15(2-6-17)20-19(21(28)16-3-7-18(25)8-4-16)22(29)23(30)27(20)10-9-26-11-13-31-14-12-26/h1-8,20,28H,9-14H2/t20-/m1/s1. The van der Waals surface area contributed by atoms with E-state index in [9.17, 15) is 23.5 Å². The maximum absolute atomic E-state index is 13.5. The average Bonchev–Trinajstić information content (AvgIpc) is 3.04. The van der Waals surface area contributed by atoms with Gasteiger partial charge in [-0.3, -0.25) is 14.5 Å². The molecular weight excluding hydrogens is 406 g/mol. The summed E-state index contributed by atoms with van der Waals surface area (Å²) in [4.78, 5) is 29.3. The van der Waals surface area contributed by atoms with Crippen LogP contribution in [0.5, 0.6) is 0 Å². The van der Waals surface area contributed by atoms with Gasteiger partial charge in [0.1, 0.15) is 17.4 Å². The maximum Gasteiger partial charge on any atom is 0.295 e. The smallest absolute Gasteiger partial charge is 0.295 e. The van der Waals surface area contributed by atoms with Crippen LogP contribution in [0.3, 0.4) is 0 Å². The lowest BCUT2D eigenvalue weighted by molar-refractivity contribution is -0.140. The van der Waals surface area contributed by atoms with E-state index < -0.39 is 29.4 Å². The van der Waals surface area contributed by atoms with Crippen LogP contribution in [-0.4, -0.2) is 66.0 Å². The largest absolute Gasteiger partial charge is 0.507 e. The number of aliphatic hydroxyl groups is 1. The Hall–Kier alpha value is -3.10. The minimum atomic E-state index is -0.869. The Balaban J connectivity index is 1.72. The third-order valence-corrected chi connectivity index (χ3v) is 5.60. The molecule has 0 unspecified atom stereocenters. The zero-order valence-electron chi connectivity index (χ0n) is 16.8. The summed E-state index contributed by atoms with van der Waals surface area (Å²) in [7, 11) is 0. The van der Waals surface area contributed by atoms with Gasteiger partial charge in [0.05, 0.1) is 24.8 Å². The summed E-state index contributed by atoms with van der Waals surface area (Å²) in [6.45, 7) is 3.44. The van der Waals surface area contributed by atoms with Crippen molar-refractivity contribution in [2.75, 3.05) is 39.4 Å². The van der Waals surface area contributed by atoms with Gasteiger partial charge in [0.2, 0.25) is 0 Å². The highest BCUT2D eigenvalue weighted by molar-refractivity contribution is 6.46. The molecule has 0 spiro atoms. The number of halogens is 2. The molecule has 8 heteroatoms. The maximum atomic E-state index is 13.5. The van der Waals surface area contributed by atoms with E-state index in [0.29, 0.717) is 25.3 Å².